The lowest BCUT2D eigenvalue weighted by Gasteiger charge is -2.09. The fourth-order valence-corrected chi connectivity index (χ4v) is 2.63. The third-order valence-electron chi connectivity index (χ3n) is 2.95. The zero-order valence-electron chi connectivity index (χ0n) is 8.57. The normalized spacial score (nSPS) is 26.9. The van der Waals surface area contributed by atoms with Crippen LogP contribution >= 0.6 is 11.5 Å². The second-order valence-corrected chi connectivity index (χ2v) is 4.92. The molecule has 0 saturated heterocycles. The molecule has 0 amide bonds. The summed E-state index contributed by atoms with van der Waals surface area (Å²) in [5.74, 6) is 1.82. The topological polar surface area (TPSA) is 37.8 Å². The van der Waals surface area contributed by atoms with E-state index in [4.69, 9.17) is 0 Å². The van der Waals surface area contributed by atoms with Crippen molar-refractivity contribution < 1.29 is 0 Å². The first-order valence-electron chi connectivity index (χ1n) is 5.31. The first kappa shape index (κ1) is 10.1. The molecule has 1 saturated carbocycles. The Hall–Kier alpha value is -0.480. The Bertz CT molecular complexity index is 260. The Labute approximate surface area is 89.1 Å². The van der Waals surface area contributed by atoms with Crippen molar-refractivity contribution >= 4 is 11.5 Å². The van der Waals surface area contributed by atoms with Crippen molar-refractivity contribution in [2.45, 2.75) is 32.7 Å². The van der Waals surface area contributed by atoms with E-state index in [0.717, 1.165) is 30.6 Å². The van der Waals surface area contributed by atoms with E-state index in [1.165, 1.54) is 30.8 Å². The summed E-state index contributed by atoms with van der Waals surface area (Å²) in [6.07, 6.45) is 4.19. The van der Waals surface area contributed by atoms with Crippen LogP contribution < -0.4 is 5.32 Å². The minimum atomic E-state index is 0.876. The first-order chi connectivity index (χ1) is 6.84. The Kier molecular flexibility index (Phi) is 3.48. The molecule has 1 aromatic heterocycles. The lowest BCUT2D eigenvalue weighted by atomic mass is 10.1. The van der Waals surface area contributed by atoms with Gasteiger partial charge in [-0.15, -0.1) is 5.10 Å². The monoisotopic (exact) mass is 211 g/mol. The van der Waals surface area contributed by atoms with E-state index in [1.54, 1.807) is 0 Å². The van der Waals surface area contributed by atoms with Crippen molar-refractivity contribution in [1.29, 1.82) is 0 Å². The summed E-state index contributed by atoms with van der Waals surface area (Å²) < 4.78 is 3.84. The number of nitrogens with zero attached hydrogens (tertiary/aromatic N) is 2. The molecule has 0 aliphatic heterocycles. The molecule has 3 nitrogen and oxygen atoms in total. The van der Waals surface area contributed by atoms with E-state index < -0.39 is 0 Å². The van der Waals surface area contributed by atoms with Gasteiger partial charge in [0.2, 0.25) is 0 Å². The molecule has 1 N–H and O–H groups in total. The molecule has 14 heavy (non-hydrogen) atoms. The van der Waals surface area contributed by atoms with Crippen LogP contribution in [0.2, 0.25) is 0 Å². The molecule has 2 rings (SSSR count). The predicted octanol–water partition coefficient (Wildman–Crippen LogP) is 2.06. The number of hydrogen-bond acceptors (Lipinski definition) is 4. The maximum absolute atomic E-state index is 4.00. The lowest BCUT2D eigenvalue weighted by Crippen LogP contribution is -2.21. The molecular formula is C10H17N3S. The van der Waals surface area contributed by atoms with Gasteiger partial charge in [-0.3, -0.25) is 0 Å². The standard InChI is InChI=1S/C10H17N3S/c1-8-2-3-9(4-8)5-11-6-10-7-14-13-12-10/h7-9,11H,2-6H2,1H3. The smallest absolute Gasteiger partial charge is 0.0893 e. The number of hydrogen-bond donors (Lipinski definition) is 1. The predicted molar refractivity (Wildman–Crippen MR) is 58.1 cm³/mol. The molecule has 0 bridgehead atoms. The highest BCUT2D eigenvalue weighted by atomic mass is 32.1. The van der Waals surface area contributed by atoms with Gasteiger partial charge in [-0.05, 0) is 42.8 Å². The first-order valence-corrected chi connectivity index (χ1v) is 6.15. The van der Waals surface area contributed by atoms with E-state index >= 15 is 0 Å². The van der Waals surface area contributed by atoms with Gasteiger partial charge in [0.1, 0.15) is 0 Å². The van der Waals surface area contributed by atoms with Gasteiger partial charge >= 0.3 is 0 Å². The molecule has 4 heteroatoms. The van der Waals surface area contributed by atoms with Crippen molar-refractivity contribution in [3.05, 3.63) is 11.1 Å². The van der Waals surface area contributed by atoms with Crippen LogP contribution in [-0.2, 0) is 6.54 Å². The largest absolute Gasteiger partial charge is 0.311 e. The second kappa shape index (κ2) is 4.84. The molecule has 0 spiro atoms. The van der Waals surface area contributed by atoms with Crippen LogP contribution in [0.1, 0.15) is 31.9 Å². The summed E-state index contributed by atoms with van der Waals surface area (Å²) in [5.41, 5.74) is 1.07. The molecule has 0 radical (unpaired) electrons. The van der Waals surface area contributed by atoms with Gasteiger partial charge in [-0.1, -0.05) is 17.8 Å². The molecular weight excluding hydrogens is 194 g/mol. The van der Waals surface area contributed by atoms with E-state index in [9.17, 15) is 0 Å². The summed E-state index contributed by atoms with van der Waals surface area (Å²) >= 11 is 1.42. The summed E-state index contributed by atoms with van der Waals surface area (Å²) in [7, 11) is 0. The third kappa shape index (κ3) is 2.75. The number of aromatic nitrogens is 2. The quantitative estimate of drug-likeness (QED) is 0.828. The molecule has 1 aliphatic rings. The molecule has 2 atom stereocenters. The highest BCUT2D eigenvalue weighted by Gasteiger charge is 2.20. The minimum absolute atomic E-state index is 0.876. The van der Waals surface area contributed by atoms with Crippen molar-refractivity contribution in [2.75, 3.05) is 6.54 Å². The fourth-order valence-electron chi connectivity index (χ4n) is 2.18. The maximum Gasteiger partial charge on any atom is 0.0893 e. The Morgan fingerprint density at radius 2 is 2.50 bits per heavy atom. The number of rotatable bonds is 4. The van der Waals surface area contributed by atoms with E-state index in [-0.39, 0.29) is 0 Å². The summed E-state index contributed by atoms with van der Waals surface area (Å²) in [6.45, 7) is 4.37. The van der Waals surface area contributed by atoms with Crippen LogP contribution in [0.5, 0.6) is 0 Å². The van der Waals surface area contributed by atoms with Crippen LogP contribution in [0.4, 0.5) is 0 Å². The molecule has 1 aromatic rings. The van der Waals surface area contributed by atoms with Gasteiger partial charge in [0, 0.05) is 11.9 Å². The summed E-state index contributed by atoms with van der Waals surface area (Å²) in [4.78, 5) is 0. The zero-order valence-corrected chi connectivity index (χ0v) is 9.39. The Morgan fingerprint density at radius 1 is 1.57 bits per heavy atom. The average Bonchev–Trinajstić information content (AvgIpc) is 2.77. The van der Waals surface area contributed by atoms with Gasteiger partial charge in [0.05, 0.1) is 5.69 Å². The molecule has 78 valence electrons. The van der Waals surface area contributed by atoms with Crippen LogP contribution in [0.25, 0.3) is 0 Å². The Balaban J connectivity index is 1.64. The van der Waals surface area contributed by atoms with E-state index in [1.807, 2.05) is 5.38 Å². The van der Waals surface area contributed by atoms with Gasteiger partial charge in [-0.2, -0.15) is 0 Å². The lowest BCUT2D eigenvalue weighted by molar-refractivity contribution is 0.469. The number of nitrogens with one attached hydrogen (secondary N) is 1. The molecule has 0 aromatic carbocycles. The molecule has 1 fully saturated rings. The van der Waals surface area contributed by atoms with E-state index in [0.29, 0.717) is 0 Å². The van der Waals surface area contributed by atoms with Gasteiger partial charge in [0.15, 0.2) is 0 Å². The third-order valence-corrected chi connectivity index (χ3v) is 3.50. The molecule has 2 unspecified atom stereocenters. The van der Waals surface area contributed by atoms with Crippen LogP contribution in [-0.4, -0.2) is 16.1 Å². The molecule has 1 heterocycles. The van der Waals surface area contributed by atoms with E-state index in [2.05, 4.69) is 21.8 Å². The van der Waals surface area contributed by atoms with Gasteiger partial charge in [-0.25, -0.2) is 0 Å². The van der Waals surface area contributed by atoms with Gasteiger partial charge < -0.3 is 5.32 Å². The summed E-state index contributed by atoms with van der Waals surface area (Å²) in [6, 6.07) is 0. The van der Waals surface area contributed by atoms with Crippen LogP contribution in [0.15, 0.2) is 5.38 Å². The van der Waals surface area contributed by atoms with Crippen molar-refractivity contribution in [3.8, 4) is 0 Å². The SMILES string of the molecule is CC1CCC(CNCc2csnn2)C1. The Morgan fingerprint density at radius 3 is 3.14 bits per heavy atom. The second-order valence-electron chi connectivity index (χ2n) is 4.31. The van der Waals surface area contributed by atoms with Crippen molar-refractivity contribution in [1.82, 2.24) is 14.9 Å². The van der Waals surface area contributed by atoms with Crippen molar-refractivity contribution in [2.24, 2.45) is 11.8 Å². The van der Waals surface area contributed by atoms with Gasteiger partial charge in [0.25, 0.3) is 0 Å². The fraction of sp³-hybridized carbons (Fsp3) is 0.800. The van der Waals surface area contributed by atoms with Crippen LogP contribution in [0, 0.1) is 11.8 Å². The highest BCUT2D eigenvalue weighted by Crippen LogP contribution is 2.29. The average molecular weight is 211 g/mol. The zero-order chi connectivity index (χ0) is 9.80. The molecule has 1 aliphatic carbocycles. The summed E-state index contributed by atoms with van der Waals surface area (Å²) in [5, 5.41) is 9.46. The van der Waals surface area contributed by atoms with Crippen LogP contribution in [0.3, 0.4) is 0 Å². The maximum atomic E-state index is 4.00. The highest BCUT2D eigenvalue weighted by molar-refractivity contribution is 7.03. The minimum Gasteiger partial charge on any atom is -0.311 e. The van der Waals surface area contributed by atoms with Crippen molar-refractivity contribution in [3.63, 3.8) is 0 Å².